The van der Waals surface area contributed by atoms with Gasteiger partial charge in [0.25, 0.3) is 5.91 Å². The Morgan fingerprint density at radius 2 is 1.96 bits per heavy atom. The molecule has 0 radical (unpaired) electrons. The molecule has 4 rings (SSSR count). The van der Waals surface area contributed by atoms with Crippen LogP contribution in [0.25, 0.3) is 5.65 Å². The van der Waals surface area contributed by atoms with Crippen molar-refractivity contribution in [2.75, 3.05) is 26.2 Å². The molecule has 1 aliphatic heterocycles. The Morgan fingerprint density at radius 1 is 1.12 bits per heavy atom. The largest absolute Gasteiger partial charge is 0.335 e. The van der Waals surface area contributed by atoms with E-state index in [9.17, 15) is 4.79 Å². The quantitative estimate of drug-likeness (QED) is 0.723. The molecule has 4 heterocycles. The van der Waals surface area contributed by atoms with Gasteiger partial charge in [-0.15, -0.1) is 0 Å². The van der Waals surface area contributed by atoms with Crippen molar-refractivity contribution in [3.8, 4) is 0 Å². The van der Waals surface area contributed by atoms with Gasteiger partial charge in [-0.2, -0.15) is 0 Å². The monoisotopic (exact) mass is 336 g/mol. The lowest BCUT2D eigenvalue weighted by molar-refractivity contribution is 0.0621. The minimum atomic E-state index is -0.0418. The summed E-state index contributed by atoms with van der Waals surface area (Å²) in [6.45, 7) is 5.72. The number of nitrogens with zero attached hydrogens (tertiary/aromatic N) is 6. The molecule has 0 aliphatic carbocycles. The van der Waals surface area contributed by atoms with Gasteiger partial charge in [-0.05, 0) is 19.1 Å². The Morgan fingerprint density at radius 3 is 2.68 bits per heavy atom. The molecule has 0 spiro atoms. The molecular weight excluding hydrogens is 316 g/mol. The summed E-state index contributed by atoms with van der Waals surface area (Å²) in [6, 6.07) is 5.99. The van der Waals surface area contributed by atoms with Gasteiger partial charge < -0.3 is 9.30 Å². The van der Waals surface area contributed by atoms with E-state index in [1.165, 1.54) is 0 Å². The summed E-state index contributed by atoms with van der Waals surface area (Å²) in [6.07, 6.45) is 7.26. The van der Waals surface area contributed by atoms with Gasteiger partial charge in [-0.1, -0.05) is 6.07 Å². The van der Waals surface area contributed by atoms with E-state index in [1.807, 2.05) is 40.6 Å². The molecule has 0 bridgehead atoms. The van der Waals surface area contributed by atoms with Crippen molar-refractivity contribution >= 4 is 11.6 Å². The zero-order chi connectivity index (χ0) is 17.2. The third kappa shape index (κ3) is 3.36. The van der Waals surface area contributed by atoms with E-state index in [1.54, 1.807) is 12.4 Å². The molecule has 0 saturated carbocycles. The smallest absolute Gasteiger partial charge is 0.274 e. The molecular formula is C18H20N6O. The Hall–Kier alpha value is -2.80. The van der Waals surface area contributed by atoms with Crippen LogP contribution in [0, 0.1) is 6.92 Å². The van der Waals surface area contributed by atoms with Gasteiger partial charge >= 0.3 is 0 Å². The van der Waals surface area contributed by atoms with Crippen molar-refractivity contribution in [2.45, 2.75) is 13.5 Å². The van der Waals surface area contributed by atoms with Crippen LogP contribution in [-0.4, -0.2) is 61.2 Å². The van der Waals surface area contributed by atoms with Crippen molar-refractivity contribution < 1.29 is 4.79 Å². The first-order chi connectivity index (χ1) is 12.2. The van der Waals surface area contributed by atoms with Crippen LogP contribution in [0.5, 0.6) is 0 Å². The molecule has 1 aliphatic rings. The lowest BCUT2D eigenvalue weighted by atomic mass is 10.2. The number of hydrogen-bond donors (Lipinski definition) is 0. The normalized spacial score (nSPS) is 15.6. The number of fused-ring (bicyclic) bond motifs is 1. The standard InChI is InChI=1S/C18H20N6O/c1-14-10-20-16(11-19-14)18(25)23-8-6-22(7-9-23)12-15-13-24-5-3-2-4-17(24)21-15/h2-5,10-11,13H,6-9,12H2,1H3. The van der Waals surface area contributed by atoms with Crippen LogP contribution in [0.1, 0.15) is 21.9 Å². The number of aromatic nitrogens is 4. The molecule has 0 N–H and O–H groups in total. The van der Waals surface area contributed by atoms with E-state index >= 15 is 0 Å². The summed E-state index contributed by atoms with van der Waals surface area (Å²) >= 11 is 0. The SMILES string of the molecule is Cc1cnc(C(=O)N2CCN(Cc3cn4ccccc4n3)CC2)cn1. The number of hydrogen-bond acceptors (Lipinski definition) is 5. The average Bonchev–Trinajstić information content (AvgIpc) is 3.05. The fourth-order valence-electron chi connectivity index (χ4n) is 3.07. The van der Waals surface area contributed by atoms with Crippen LogP contribution < -0.4 is 0 Å². The Bertz CT molecular complexity index is 847. The highest BCUT2D eigenvalue weighted by molar-refractivity contribution is 5.92. The van der Waals surface area contributed by atoms with E-state index in [-0.39, 0.29) is 5.91 Å². The van der Waals surface area contributed by atoms with Gasteiger partial charge in [0, 0.05) is 51.3 Å². The summed E-state index contributed by atoms with van der Waals surface area (Å²) in [5.41, 5.74) is 3.24. The predicted molar refractivity (Wildman–Crippen MR) is 93.1 cm³/mol. The first kappa shape index (κ1) is 15.7. The lowest BCUT2D eigenvalue weighted by Crippen LogP contribution is -2.48. The number of imidazole rings is 1. The van der Waals surface area contributed by atoms with E-state index < -0.39 is 0 Å². The van der Waals surface area contributed by atoms with Crippen molar-refractivity contribution in [1.29, 1.82) is 0 Å². The van der Waals surface area contributed by atoms with Crippen molar-refractivity contribution in [3.63, 3.8) is 0 Å². The summed E-state index contributed by atoms with van der Waals surface area (Å²) < 4.78 is 2.03. The molecule has 3 aromatic rings. The molecule has 7 heteroatoms. The number of aryl methyl sites for hydroxylation is 1. The van der Waals surface area contributed by atoms with E-state index in [0.29, 0.717) is 18.8 Å². The first-order valence-corrected chi connectivity index (χ1v) is 8.42. The number of rotatable bonds is 3. The highest BCUT2D eigenvalue weighted by Gasteiger charge is 2.23. The van der Waals surface area contributed by atoms with Crippen molar-refractivity contribution in [1.82, 2.24) is 29.2 Å². The molecule has 128 valence electrons. The van der Waals surface area contributed by atoms with Crippen molar-refractivity contribution in [2.24, 2.45) is 0 Å². The van der Waals surface area contributed by atoms with Gasteiger partial charge in [0.15, 0.2) is 0 Å². The third-order valence-electron chi connectivity index (χ3n) is 4.46. The molecule has 3 aromatic heterocycles. The van der Waals surface area contributed by atoms with Crippen LogP contribution in [0.4, 0.5) is 0 Å². The van der Waals surface area contributed by atoms with Gasteiger partial charge in [-0.3, -0.25) is 14.7 Å². The number of carbonyl (C=O) groups excluding carboxylic acids is 1. The molecule has 7 nitrogen and oxygen atoms in total. The van der Waals surface area contributed by atoms with Crippen LogP contribution in [0.3, 0.4) is 0 Å². The summed E-state index contributed by atoms with van der Waals surface area (Å²) in [7, 11) is 0. The van der Waals surface area contributed by atoms with Gasteiger partial charge in [0.1, 0.15) is 11.3 Å². The third-order valence-corrected chi connectivity index (χ3v) is 4.46. The second-order valence-corrected chi connectivity index (χ2v) is 6.31. The topological polar surface area (TPSA) is 66.6 Å². The fraction of sp³-hybridized carbons (Fsp3) is 0.333. The molecule has 25 heavy (non-hydrogen) atoms. The Balaban J connectivity index is 1.36. The van der Waals surface area contributed by atoms with Crippen LogP contribution in [0.15, 0.2) is 43.0 Å². The number of amides is 1. The Kier molecular flexibility index (Phi) is 4.15. The highest BCUT2D eigenvalue weighted by Crippen LogP contribution is 2.11. The van der Waals surface area contributed by atoms with E-state index in [4.69, 9.17) is 0 Å². The van der Waals surface area contributed by atoms with Gasteiger partial charge in [-0.25, -0.2) is 9.97 Å². The molecule has 1 saturated heterocycles. The maximum absolute atomic E-state index is 12.5. The number of carbonyl (C=O) groups is 1. The van der Waals surface area contributed by atoms with Crippen LogP contribution >= 0.6 is 0 Å². The second-order valence-electron chi connectivity index (χ2n) is 6.31. The van der Waals surface area contributed by atoms with Crippen LogP contribution in [-0.2, 0) is 6.54 Å². The minimum Gasteiger partial charge on any atom is -0.335 e. The average molecular weight is 336 g/mol. The predicted octanol–water partition coefficient (Wildman–Crippen LogP) is 1.39. The highest BCUT2D eigenvalue weighted by atomic mass is 16.2. The lowest BCUT2D eigenvalue weighted by Gasteiger charge is -2.34. The van der Waals surface area contributed by atoms with Gasteiger partial charge in [0.05, 0.1) is 17.6 Å². The fourth-order valence-corrected chi connectivity index (χ4v) is 3.07. The maximum Gasteiger partial charge on any atom is 0.274 e. The molecule has 1 fully saturated rings. The number of pyridine rings is 1. The van der Waals surface area contributed by atoms with Crippen molar-refractivity contribution in [3.05, 3.63) is 60.1 Å². The minimum absolute atomic E-state index is 0.0418. The zero-order valence-electron chi connectivity index (χ0n) is 14.2. The van der Waals surface area contributed by atoms with Gasteiger partial charge in [0.2, 0.25) is 0 Å². The van der Waals surface area contributed by atoms with E-state index in [0.717, 1.165) is 36.7 Å². The molecule has 1 amide bonds. The molecule has 0 atom stereocenters. The Labute approximate surface area is 145 Å². The molecule has 0 unspecified atom stereocenters. The second kappa shape index (κ2) is 6.60. The zero-order valence-corrected chi connectivity index (χ0v) is 14.2. The summed E-state index contributed by atoms with van der Waals surface area (Å²) in [5.74, 6) is -0.0418. The first-order valence-electron chi connectivity index (χ1n) is 8.42. The molecule has 0 aromatic carbocycles. The maximum atomic E-state index is 12.5. The van der Waals surface area contributed by atoms with Crippen LogP contribution in [0.2, 0.25) is 0 Å². The van der Waals surface area contributed by atoms with E-state index in [2.05, 4.69) is 26.0 Å². The number of piperazine rings is 1. The summed E-state index contributed by atoms with van der Waals surface area (Å²) in [5, 5.41) is 0. The summed E-state index contributed by atoms with van der Waals surface area (Å²) in [4.78, 5) is 29.6.